The number of nitrogens with zero attached hydrogens (tertiary/aromatic N) is 2. The highest BCUT2D eigenvalue weighted by Crippen LogP contribution is 1.85. The minimum Gasteiger partial charge on any atom is -0.364 e. The maximum Gasteiger partial charge on any atom is 0.102 e. The average molecular weight is 100 g/mol. The predicted octanol–water partition coefficient (Wildman–Crippen LogP) is -1.63. The molecule has 7 heavy (non-hydrogen) atoms. The van der Waals surface area contributed by atoms with Gasteiger partial charge in [-0.15, -0.1) is 0 Å². The van der Waals surface area contributed by atoms with Crippen LogP contribution >= 0.6 is 0 Å². The molecule has 0 saturated carbocycles. The summed E-state index contributed by atoms with van der Waals surface area (Å²) in [6.07, 6.45) is 3.55. The highest BCUT2D eigenvalue weighted by Gasteiger charge is 1.92. The van der Waals surface area contributed by atoms with Crippen LogP contribution in [0.5, 0.6) is 0 Å². The van der Waals surface area contributed by atoms with E-state index in [9.17, 15) is 0 Å². The van der Waals surface area contributed by atoms with Gasteiger partial charge in [0.1, 0.15) is 6.20 Å². The van der Waals surface area contributed by atoms with E-state index in [4.69, 9.17) is 5.84 Å². The second-order valence-corrected chi connectivity index (χ2v) is 1.44. The van der Waals surface area contributed by atoms with Crippen molar-refractivity contribution in [1.29, 1.82) is 0 Å². The van der Waals surface area contributed by atoms with Gasteiger partial charge in [0.2, 0.25) is 0 Å². The van der Waals surface area contributed by atoms with Crippen LogP contribution in [0.25, 0.3) is 5.53 Å². The first-order valence-corrected chi connectivity index (χ1v) is 2.06. The van der Waals surface area contributed by atoms with Gasteiger partial charge in [0.15, 0.2) is 0 Å². The molecule has 1 heterocycles. The minimum absolute atomic E-state index is 0.947. The van der Waals surface area contributed by atoms with Crippen LogP contribution in [-0.2, 0) is 0 Å². The van der Waals surface area contributed by atoms with Gasteiger partial charge in [-0.25, -0.2) is 0 Å². The number of rotatable bonds is 0. The number of hydrazine groups is 1. The molecule has 0 aliphatic carbocycles. The van der Waals surface area contributed by atoms with Crippen LogP contribution in [0.2, 0.25) is 0 Å². The van der Waals surface area contributed by atoms with Crippen LogP contribution in [0.15, 0.2) is 12.4 Å². The van der Waals surface area contributed by atoms with Crippen molar-refractivity contribution < 1.29 is 5.01 Å². The first kappa shape index (κ1) is 4.58. The molecule has 0 aromatic carbocycles. The lowest BCUT2D eigenvalue weighted by molar-refractivity contribution is -0.785. The van der Waals surface area contributed by atoms with Crippen molar-refractivity contribution in [2.75, 3.05) is 7.05 Å². The third kappa shape index (κ3) is 0.894. The molecule has 1 aliphatic heterocycles. The molecule has 0 fully saturated rings. The SMILES string of the molecule is C[NH+]1C=CN(N)[N-]1. The molecule has 1 atom stereocenters. The van der Waals surface area contributed by atoms with Crippen LogP contribution in [0, 0.1) is 0 Å². The fourth-order valence-electron chi connectivity index (χ4n) is 0.433. The molecular weight excluding hydrogens is 92.1 g/mol. The Kier molecular flexibility index (Phi) is 0.976. The molecule has 1 aliphatic rings. The average Bonchev–Trinajstić information content (AvgIpc) is 1.87. The third-order valence-electron chi connectivity index (χ3n) is 0.742. The Balaban J connectivity index is 2.42. The Morgan fingerprint density at radius 1 is 1.86 bits per heavy atom. The number of nitrogens with two attached hydrogens (primary N) is 1. The van der Waals surface area contributed by atoms with Gasteiger partial charge in [0, 0.05) is 0 Å². The molecule has 0 aromatic rings. The Morgan fingerprint density at radius 3 is 2.71 bits per heavy atom. The zero-order chi connectivity index (χ0) is 5.28. The molecule has 0 bridgehead atoms. The largest absolute Gasteiger partial charge is 0.364 e. The van der Waals surface area contributed by atoms with Gasteiger partial charge in [0.05, 0.1) is 13.2 Å². The van der Waals surface area contributed by atoms with Gasteiger partial charge in [-0.05, 0) is 0 Å². The van der Waals surface area contributed by atoms with E-state index in [-0.39, 0.29) is 0 Å². The monoisotopic (exact) mass is 100 g/mol. The Bertz CT molecular complexity index is 78.9. The highest BCUT2D eigenvalue weighted by molar-refractivity contribution is 4.79. The van der Waals surface area contributed by atoms with E-state index in [0.717, 1.165) is 5.01 Å². The van der Waals surface area contributed by atoms with Gasteiger partial charge in [0.25, 0.3) is 0 Å². The summed E-state index contributed by atoms with van der Waals surface area (Å²) in [4.78, 5) is 0. The lowest BCUT2D eigenvalue weighted by atomic mass is 10.9. The van der Waals surface area contributed by atoms with Crippen LogP contribution in [0.4, 0.5) is 0 Å². The normalized spacial score (nSPS) is 29.4. The Labute approximate surface area is 42.1 Å². The fourth-order valence-corrected chi connectivity index (χ4v) is 0.433. The first-order valence-electron chi connectivity index (χ1n) is 2.06. The van der Waals surface area contributed by atoms with E-state index in [2.05, 4.69) is 5.53 Å². The van der Waals surface area contributed by atoms with Gasteiger partial charge in [-0.2, -0.15) is 0 Å². The van der Waals surface area contributed by atoms with E-state index in [1.54, 1.807) is 6.20 Å². The van der Waals surface area contributed by atoms with E-state index in [0.29, 0.717) is 0 Å². The molecule has 0 saturated heterocycles. The third-order valence-corrected chi connectivity index (χ3v) is 0.742. The summed E-state index contributed by atoms with van der Waals surface area (Å²) >= 11 is 0. The summed E-state index contributed by atoms with van der Waals surface area (Å²) in [7, 11) is 1.89. The van der Waals surface area contributed by atoms with Crippen molar-refractivity contribution in [2.45, 2.75) is 0 Å². The Morgan fingerprint density at radius 2 is 2.57 bits per heavy atom. The van der Waals surface area contributed by atoms with Crippen molar-refractivity contribution in [3.8, 4) is 0 Å². The summed E-state index contributed by atoms with van der Waals surface area (Å²) in [5, 5.41) is 2.23. The smallest absolute Gasteiger partial charge is 0.102 e. The molecule has 4 nitrogen and oxygen atoms in total. The van der Waals surface area contributed by atoms with E-state index < -0.39 is 0 Å². The molecule has 1 rings (SSSR count). The molecule has 4 heteroatoms. The molecule has 40 valence electrons. The maximum absolute atomic E-state index is 5.18. The molecule has 0 aromatic heterocycles. The van der Waals surface area contributed by atoms with Gasteiger partial charge >= 0.3 is 0 Å². The number of quaternary nitrogens is 1. The minimum atomic E-state index is 0.947. The Hall–Kier alpha value is -0.580. The molecule has 0 radical (unpaired) electrons. The number of nitrogens with one attached hydrogen (secondary N) is 1. The molecule has 1 unspecified atom stereocenters. The fraction of sp³-hybridized carbons (Fsp3) is 0.333. The number of hydrogen-bond acceptors (Lipinski definition) is 2. The van der Waals surface area contributed by atoms with E-state index in [1.807, 2.05) is 13.2 Å². The van der Waals surface area contributed by atoms with Crippen molar-refractivity contribution >= 4 is 0 Å². The standard InChI is InChI=1S/C3H8N4/c1-6-2-3-7(4)5-6/h2-3,6H,4H2,1H3. The van der Waals surface area contributed by atoms with Gasteiger partial charge in [-0.3, -0.25) is 5.84 Å². The van der Waals surface area contributed by atoms with Crippen LogP contribution < -0.4 is 10.9 Å². The molecule has 3 N–H and O–H groups in total. The molecule has 0 spiro atoms. The van der Waals surface area contributed by atoms with E-state index in [1.165, 1.54) is 5.12 Å². The van der Waals surface area contributed by atoms with Crippen LogP contribution in [0.3, 0.4) is 0 Å². The molecule has 0 amide bonds. The first-order chi connectivity index (χ1) is 3.29. The highest BCUT2D eigenvalue weighted by atomic mass is 15.8. The van der Waals surface area contributed by atoms with Gasteiger partial charge in [-0.1, -0.05) is 0 Å². The summed E-state index contributed by atoms with van der Waals surface area (Å²) < 4.78 is 0. The second-order valence-electron chi connectivity index (χ2n) is 1.44. The quantitative estimate of drug-likeness (QED) is 0.359. The maximum atomic E-state index is 5.18. The van der Waals surface area contributed by atoms with Crippen LogP contribution in [-0.4, -0.2) is 12.2 Å². The van der Waals surface area contributed by atoms with Crippen molar-refractivity contribution in [3.05, 3.63) is 17.9 Å². The van der Waals surface area contributed by atoms with Crippen molar-refractivity contribution in [2.24, 2.45) is 5.84 Å². The summed E-state index contributed by atoms with van der Waals surface area (Å²) in [5.41, 5.74) is 3.81. The second kappa shape index (κ2) is 1.49. The lowest BCUT2D eigenvalue weighted by Gasteiger charge is -2.23. The lowest BCUT2D eigenvalue weighted by Crippen LogP contribution is -2.98. The summed E-state index contributed by atoms with van der Waals surface area (Å²) in [6.45, 7) is 0. The van der Waals surface area contributed by atoms with E-state index >= 15 is 0 Å². The predicted molar refractivity (Wildman–Crippen MR) is 25.4 cm³/mol. The van der Waals surface area contributed by atoms with Crippen LogP contribution in [0.1, 0.15) is 0 Å². The summed E-state index contributed by atoms with van der Waals surface area (Å²) in [5.74, 6) is 5.18. The van der Waals surface area contributed by atoms with Gasteiger partial charge < -0.3 is 15.7 Å². The summed E-state index contributed by atoms with van der Waals surface area (Å²) in [6, 6.07) is 0. The zero-order valence-electron chi connectivity index (χ0n) is 4.13. The topological polar surface area (TPSA) is 47.8 Å². The number of hydrogen-bond donors (Lipinski definition) is 2. The van der Waals surface area contributed by atoms with Crippen molar-refractivity contribution in [3.63, 3.8) is 0 Å². The van der Waals surface area contributed by atoms with Crippen molar-refractivity contribution in [1.82, 2.24) is 5.12 Å². The molecular formula is C3H8N4. The zero-order valence-corrected chi connectivity index (χ0v) is 4.13.